The number of aliphatic hydroxyl groups excluding tert-OH is 1. The molecule has 30 heavy (non-hydrogen) atoms. The van der Waals surface area contributed by atoms with E-state index in [9.17, 15) is 14.7 Å². The lowest BCUT2D eigenvalue weighted by Crippen LogP contribution is -2.40. The Morgan fingerprint density at radius 2 is 1.47 bits per heavy atom. The first-order valence-corrected chi connectivity index (χ1v) is 10.1. The molecule has 0 spiro atoms. The first kappa shape index (κ1) is 18.9. The van der Waals surface area contributed by atoms with Gasteiger partial charge in [0.2, 0.25) is 0 Å². The van der Waals surface area contributed by atoms with Crippen LogP contribution in [-0.2, 0) is 4.74 Å². The highest BCUT2D eigenvalue weighted by atomic mass is 16.5. The molecule has 2 heterocycles. The van der Waals surface area contributed by atoms with Gasteiger partial charge in [0.15, 0.2) is 0 Å². The van der Waals surface area contributed by atoms with Crippen LogP contribution in [0.15, 0.2) is 60.7 Å². The fraction of sp³-hybridized carbons (Fsp3) is 0.250. The lowest BCUT2D eigenvalue weighted by atomic mass is 9.93. The van der Waals surface area contributed by atoms with Crippen LogP contribution in [0, 0.1) is 0 Å². The fourth-order valence-electron chi connectivity index (χ4n) is 4.24. The normalized spacial score (nSPS) is 18.1. The number of imide groups is 1. The molecule has 1 N–H and O–H groups in total. The highest BCUT2D eigenvalue weighted by molar-refractivity contribution is 6.35. The Labute approximate surface area is 174 Å². The van der Waals surface area contributed by atoms with E-state index in [1.54, 1.807) is 36.4 Å². The molecule has 0 bridgehead atoms. The molecule has 2 amide bonds. The molecular formula is C24H22N2O4. The Balaban J connectivity index is 1.42. The summed E-state index contributed by atoms with van der Waals surface area (Å²) in [7, 11) is 0. The molecule has 3 aromatic carbocycles. The highest BCUT2D eigenvalue weighted by Crippen LogP contribution is 2.33. The van der Waals surface area contributed by atoms with Crippen LogP contribution < -0.4 is 4.90 Å². The van der Waals surface area contributed by atoms with E-state index in [0.29, 0.717) is 42.0 Å². The van der Waals surface area contributed by atoms with Crippen LogP contribution in [0.4, 0.5) is 5.69 Å². The van der Waals surface area contributed by atoms with Gasteiger partial charge >= 0.3 is 0 Å². The maximum atomic E-state index is 13.1. The summed E-state index contributed by atoms with van der Waals surface area (Å²) in [6, 6.07) is 18.0. The quantitative estimate of drug-likeness (QED) is 0.680. The maximum Gasteiger partial charge on any atom is 0.265 e. The second-order valence-electron chi connectivity index (χ2n) is 7.68. The molecule has 0 saturated carbocycles. The van der Waals surface area contributed by atoms with Crippen LogP contribution in [0.1, 0.15) is 32.4 Å². The van der Waals surface area contributed by atoms with Crippen molar-refractivity contribution >= 4 is 28.3 Å². The lowest BCUT2D eigenvalue weighted by molar-refractivity contribution is 0.0143. The standard InChI is InChI=1S/C24H22N2O4/c27-21(15-25-11-13-30-14-12-25)16-7-9-18(10-8-16)26-23(28)19-5-1-3-17-4-2-6-20(22(17)19)24(26)29/h1-10,21,27H,11-15H2. The van der Waals surface area contributed by atoms with Gasteiger partial charge in [0.1, 0.15) is 0 Å². The summed E-state index contributed by atoms with van der Waals surface area (Å²) in [6.45, 7) is 3.49. The maximum absolute atomic E-state index is 13.1. The van der Waals surface area contributed by atoms with Gasteiger partial charge in [-0.1, -0.05) is 36.4 Å². The molecule has 6 nitrogen and oxygen atoms in total. The number of morpholine rings is 1. The second kappa shape index (κ2) is 7.65. The molecule has 1 saturated heterocycles. The van der Waals surface area contributed by atoms with Gasteiger partial charge in [-0.05, 0) is 35.2 Å². The van der Waals surface area contributed by atoms with Crippen molar-refractivity contribution in [3.8, 4) is 0 Å². The molecule has 152 valence electrons. The predicted octanol–water partition coefficient (Wildman–Crippen LogP) is 3.01. The van der Waals surface area contributed by atoms with E-state index in [4.69, 9.17) is 4.74 Å². The van der Waals surface area contributed by atoms with Crippen molar-refractivity contribution in [2.75, 3.05) is 37.7 Å². The number of β-amino-alcohol motifs (C(OH)–C–C–N with tert-alkyl or cyclic N) is 1. The van der Waals surface area contributed by atoms with Crippen molar-refractivity contribution in [3.63, 3.8) is 0 Å². The van der Waals surface area contributed by atoms with E-state index in [2.05, 4.69) is 4.90 Å². The number of amides is 2. The van der Waals surface area contributed by atoms with E-state index in [0.717, 1.165) is 24.0 Å². The van der Waals surface area contributed by atoms with Gasteiger partial charge in [-0.25, -0.2) is 4.90 Å². The molecule has 2 aliphatic heterocycles. The van der Waals surface area contributed by atoms with Crippen molar-refractivity contribution in [2.24, 2.45) is 0 Å². The van der Waals surface area contributed by atoms with Gasteiger partial charge in [0.25, 0.3) is 11.8 Å². The van der Waals surface area contributed by atoms with Crippen molar-refractivity contribution in [1.82, 2.24) is 4.90 Å². The zero-order valence-electron chi connectivity index (χ0n) is 16.5. The Morgan fingerprint density at radius 1 is 0.867 bits per heavy atom. The molecule has 5 rings (SSSR count). The summed E-state index contributed by atoms with van der Waals surface area (Å²) in [6.07, 6.45) is -0.639. The Hall–Kier alpha value is -3.06. The summed E-state index contributed by atoms with van der Waals surface area (Å²) in [5.74, 6) is -0.656. The number of anilines is 1. The van der Waals surface area contributed by atoms with E-state index in [1.165, 1.54) is 4.90 Å². The van der Waals surface area contributed by atoms with E-state index >= 15 is 0 Å². The minimum atomic E-state index is -0.639. The molecule has 0 aromatic heterocycles. The summed E-state index contributed by atoms with van der Waals surface area (Å²) in [4.78, 5) is 29.6. The first-order valence-electron chi connectivity index (χ1n) is 10.1. The number of ether oxygens (including phenoxy) is 1. The molecular weight excluding hydrogens is 380 g/mol. The van der Waals surface area contributed by atoms with Crippen LogP contribution in [-0.4, -0.2) is 54.7 Å². The molecule has 1 unspecified atom stereocenters. The van der Waals surface area contributed by atoms with Crippen molar-refractivity contribution in [2.45, 2.75) is 6.10 Å². The molecule has 2 aliphatic rings. The van der Waals surface area contributed by atoms with Crippen molar-refractivity contribution < 1.29 is 19.4 Å². The average Bonchev–Trinajstić information content (AvgIpc) is 2.78. The minimum absolute atomic E-state index is 0.328. The third-order valence-corrected chi connectivity index (χ3v) is 5.84. The second-order valence-corrected chi connectivity index (χ2v) is 7.68. The smallest absolute Gasteiger partial charge is 0.265 e. The molecule has 1 fully saturated rings. The lowest BCUT2D eigenvalue weighted by Gasteiger charge is -2.29. The van der Waals surface area contributed by atoms with Crippen LogP contribution >= 0.6 is 0 Å². The Morgan fingerprint density at radius 3 is 2.07 bits per heavy atom. The van der Waals surface area contributed by atoms with Gasteiger partial charge in [-0.15, -0.1) is 0 Å². The van der Waals surface area contributed by atoms with Gasteiger partial charge < -0.3 is 9.84 Å². The van der Waals surface area contributed by atoms with Gasteiger partial charge in [0.05, 0.1) is 25.0 Å². The fourth-order valence-corrected chi connectivity index (χ4v) is 4.24. The Bertz CT molecular complexity index is 1070. The van der Waals surface area contributed by atoms with Crippen LogP contribution in [0.2, 0.25) is 0 Å². The number of rotatable bonds is 4. The SMILES string of the molecule is O=C1c2cccc3cccc(c23)C(=O)N1c1ccc(C(O)CN2CCOCC2)cc1. The Kier molecular flexibility index (Phi) is 4.83. The number of hydrogen-bond acceptors (Lipinski definition) is 5. The van der Waals surface area contributed by atoms with E-state index in [1.807, 2.05) is 24.3 Å². The third-order valence-electron chi connectivity index (χ3n) is 5.84. The number of carbonyl (C=O) groups excluding carboxylic acids is 2. The van der Waals surface area contributed by atoms with Gasteiger partial charge in [0, 0.05) is 36.1 Å². The molecule has 0 aliphatic carbocycles. The van der Waals surface area contributed by atoms with Gasteiger partial charge in [-0.3, -0.25) is 14.5 Å². The highest BCUT2D eigenvalue weighted by Gasteiger charge is 2.33. The van der Waals surface area contributed by atoms with E-state index < -0.39 is 6.10 Å². The zero-order chi connectivity index (χ0) is 20.7. The summed E-state index contributed by atoms with van der Waals surface area (Å²) < 4.78 is 5.34. The van der Waals surface area contributed by atoms with Crippen LogP contribution in [0.3, 0.4) is 0 Å². The monoisotopic (exact) mass is 402 g/mol. The topological polar surface area (TPSA) is 70.1 Å². The number of benzene rings is 3. The third kappa shape index (κ3) is 3.19. The van der Waals surface area contributed by atoms with Crippen molar-refractivity contribution in [3.05, 3.63) is 77.4 Å². The summed E-state index contributed by atoms with van der Waals surface area (Å²) in [5.41, 5.74) is 2.31. The number of hydrogen-bond donors (Lipinski definition) is 1. The first-order chi connectivity index (χ1) is 14.6. The molecule has 0 radical (unpaired) electrons. The number of aliphatic hydroxyl groups is 1. The minimum Gasteiger partial charge on any atom is -0.387 e. The predicted molar refractivity (Wildman–Crippen MR) is 114 cm³/mol. The number of nitrogens with zero attached hydrogens (tertiary/aromatic N) is 2. The van der Waals surface area contributed by atoms with Crippen molar-refractivity contribution in [1.29, 1.82) is 0 Å². The van der Waals surface area contributed by atoms with Crippen LogP contribution in [0.5, 0.6) is 0 Å². The van der Waals surface area contributed by atoms with E-state index in [-0.39, 0.29) is 11.8 Å². The summed E-state index contributed by atoms with van der Waals surface area (Å²) >= 11 is 0. The largest absolute Gasteiger partial charge is 0.387 e. The zero-order valence-corrected chi connectivity index (χ0v) is 16.5. The molecule has 3 aromatic rings. The number of carbonyl (C=O) groups is 2. The average molecular weight is 402 g/mol. The van der Waals surface area contributed by atoms with Gasteiger partial charge in [-0.2, -0.15) is 0 Å². The summed E-state index contributed by atoms with van der Waals surface area (Å²) in [5, 5.41) is 12.2. The molecule has 6 heteroatoms. The molecule has 1 atom stereocenters. The van der Waals surface area contributed by atoms with Crippen LogP contribution in [0.25, 0.3) is 10.8 Å².